The van der Waals surface area contributed by atoms with Gasteiger partial charge in [0, 0.05) is 6.54 Å². The minimum absolute atomic E-state index is 0.410. The van der Waals surface area contributed by atoms with Crippen molar-refractivity contribution in [2.24, 2.45) is 0 Å². The van der Waals surface area contributed by atoms with E-state index in [1.165, 1.54) is 6.33 Å². The molecule has 6 heteroatoms. The molecule has 2 aromatic heterocycles. The van der Waals surface area contributed by atoms with Gasteiger partial charge < -0.3 is 9.88 Å². The van der Waals surface area contributed by atoms with Crippen LogP contribution in [0, 0.1) is 0 Å². The second kappa shape index (κ2) is 4.55. The molecular weight excluding hydrogens is 214 g/mol. The van der Waals surface area contributed by atoms with E-state index in [0.717, 1.165) is 25.2 Å². The molecule has 0 saturated carbocycles. The number of aryl methyl sites for hydroxylation is 1. The molecule has 0 saturated heterocycles. The average Bonchev–Trinajstić information content (AvgIpc) is 2.64. The number of imidazole rings is 1. The zero-order chi connectivity index (χ0) is 10.7. The molecule has 2 rings (SSSR count). The molecule has 0 aliphatic rings. The van der Waals surface area contributed by atoms with Gasteiger partial charge in [0.05, 0.1) is 6.33 Å². The molecule has 2 heterocycles. The highest BCUT2D eigenvalue weighted by Gasteiger charge is 2.07. The first-order valence-electron chi connectivity index (χ1n) is 4.79. The van der Waals surface area contributed by atoms with Crippen molar-refractivity contribution in [2.45, 2.75) is 13.0 Å². The van der Waals surface area contributed by atoms with Crippen LogP contribution in [0.25, 0.3) is 11.2 Å². The number of nitrogens with one attached hydrogen (secondary N) is 1. The van der Waals surface area contributed by atoms with Gasteiger partial charge in [0.1, 0.15) is 11.8 Å². The molecule has 15 heavy (non-hydrogen) atoms. The average molecular weight is 226 g/mol. The summed E-state index contributed by atoms with van der Waals surface area (Å²) in [7, 11) is 1.94. The predicted molar refractivity (Wildman–Crippen MR) is 58.9 cm³/mol. The molecular formula is C9H12ClN5. The molecule has 0 radical (unpaired) electrons. The molecule has 0 amide bonds. The largest absolute Gasteiger partial charge is 0.320 e. The Labute approximate surface area is 92.5 Å². The smallest absolute Gasteiger partial charge is 0.164 e. The van der Waals surface area contributed by atoms with Gasteiger partial charge in [0.25, 0.3) is 0 Å². The van der Waals surface area contributed by atoms with Gasteiger partial charge >= 0.3 is 0 Å². The van der Waals surface area contributed by atoms with Crippen molar-refractivity contribution in [3.05, 3.63) is 17.8 Å². The van der Waals surface area contributed by atoms with Crippen molar-refractivity contribution in [3.63, 3.8) is 0 Å². The second-order valence-corrected chi connectivity index (χ2v) is 3.59. The molecule has 0 fully saturated rings. The minimum Gasteiger partial charge on any atom is -0.320 e. The Kier molecular flexibility index (Phi) is 3.13. The first kappa shape index (κ1) is 10.3. The van der Waals surface area contributed by atoms with Gasteiger partial charge in [-0.2, -0.15) is 0 Å². The monoisotopic (exact) mass is 225 g/mol. The maximum Gasteiger partial charge on any atom is 0.164 e. The zero-order valence-electron chi connectivity index (χ0n) is 8.44. The number of rotatable bonds is 4. The van der Waals surface area contributed by atoms with E-state index in [1.54, 1.807) is 6.33 Å². The molecule has 1 N–H and O–H groups in total. The topological polar surface area (TPSA) is 55.6 Å². The zero-order valence-corrected chi connectivity index (χ0v) is 9.20. The van der Waals surface area contributed by atoms with E-state index in [0.29, 0.717) is 10.7 Å². The van der Waals surface area contributed by atoms with E-state index < -0.39 is 0 Å². The lowest BCUT2D eigenvalue weighted by Gasteiger charge is -2.02. The van der Waals surface area contributed by atoms with E-state index >= 15 is 0 Å². The third-order valence-electron chi connectivity index (χ3n) is 2.18. The van der Waals surface area contributed by atoms with Gasteiger partial charge in [-0.1, -0.05) is 11.6 Å². The standard InChI is InChI=1S/C9H12ClN5/c1-11-3-2-4-15-6-14-7-8(10)12-5-13-9(7)15/h5-6,11H,2-4H2,1H3. The van der Waals surface area contributed by atoms with Gasteiger partial charge in [-0.15, -0.1) is 0 Å². The van der Waals surface area contributed by atoms with E-state index in [9.17, 15) is 0 Å². The van der Waals surface area contributed by atoms with Crippen molar-refractivity contribution >= 4 is 22.8 Å². The lowest BCUT2D eigenvalue weighted by atomic mass is 10.4. The number of halogens is 1. The molecule has 0 spiro atoms. The van der Waals surface area contributed by atoms with Crippen LogP contribution in [-0.2, 0) is 6.54 Å². The molecule has 80 valence electrons. The van der Waals surface area contributed by atoms with E-state index in [4.69, 9.17) is 11.6 Å². The Morgan fingerprint density at radius 3 is 3.07 bits per heavy atom. The van der Waals surface area contributed by atoms with E-state index in [1.807, 2.05) is 11.6 Å². The lowest BCUT2D eigenvalue weighted by molar-refractivity contribution is 0.621. The maximum absolute atomic E-state index is 5.89. The van der Waals surface area contributed by atoms with Crippen LogP contribution in [0.15, 0.2) is 12.7 Å². The van der Waals surface area contributed by atoms with E-state index in [-0.39, 0.29) is 0 Å². The molecule has 0 aliphatic carbocycles. The lowest BCUT2D eigenvalue weighted by Crippen LogP contribution is -2.10. The summed E-state index contributed by atoms with van der Waals surface area (Å²) in [4.78, 5) is 12.2. The number of hydrogen-bond donors (Lipinski definition) is 1. The Bertz CT molecular complexity index is 453. The number of nitrogens with zero attached hydrogens (tertiary/aromatic N) is 4. The van der Waals surface area contributed by atoms with Gasteiger partial charge in [-0.25, -0.2) is 15.0 Å². The van der Waals surface area contributed by atoms with Crippen molar-refractivity contribution < 1.29 is 0 Å². The molecule has 0 aromatic carbocycles. The van der Waals surface area contributed by atoms with Crippen molar-refractivity contribution in [1.29, 1.82) is 0 Å². The van der Waals surface area contributed by atoms with Crippen LogP contribution in [0.5, 0.6) is 0 Å². The Hall–Kier alpha value is -1.20. The summed E-state index contributed by atoms with van der Waals surface area (Å²) < 4.78 is 1.99. The summed E-state index contributed by atoms with van der Waals surface area (Å²) in [5.74, 6) is 0. The van der Waals surface area contributed by atoms with Crippen LogP contribution < -0.4 is 5.32 Å². The summed E-state index contributed by atoms with van der Waals surface area (Å²) >= 11 is 5.89. The Morgan fingerprint density at radius 1 is 1.40 bits per heavy atom. The summed E-state index contributed by atoms with van der Waals surface area (Å²) in [6.07, 6.45) is 4.24. The molecule has 0 aliphatic heterocycles. The first-order chi connectivity index (χ1) is 7.33. The first-order valence-corrected chi connectivity index (χ1v) is 5.16. The van der Waals surface area contributed by atoms with Gasteiger partial charge in [-0.05, 0) is 20.0 Å². The third kappa shape index (κ3) is 2.08. The highest BCUT2D eigenvalue weighted by molar-refractivity contribution is 6.33. The summed E-state index contributed by atoms with van der Waals surface area (Å²) in [6, 6.07) is 0. The quantitative estimate of drug-likeness (QED) is 0.625. The fourth-order valence-corrected chi connectivity index (χ4v) is 1.62. The summed E-state index contributed by atoms with van der Waals surface area (Å²) in [5, 5.41) is 3.51. The van der Waals surface area contributed by atoms with Crippen LogP contribution in [0.2, 0.25) is 5.15 Å². The van der Waals surface area contributed by atoms with Crippen molar-refractivity contribution in [3.8, 4) is 0 Å². The molecule has 2 aromatic rings. The molecule has 0 bridgehead atoms. The Morgan fingerprint density at radius 2 is 2.27 bits per heavy atom. The van der Waals surface area contributed by atoms with Crippen LogP contribution >= 0.6 is 11.6 Å². The van der Waals surface area contributed by atoms with Crippen molar-refractivity contribution in [1.82, 2.24) is 24.8 Å². The highest BCUT2D eigenvalue weighted by atomic mass is 35.5. The molecule has 0 unspecified atom stereocenters. The van der Waals surface area contributed by atoms with Crippen LogP contribution in [-0.4, -0.2) is 33.1 Å². The SMILES string of the molecule is CNCCCn1cnc2c(Cl)ncnc21. The van der Waals surface area contributed by atoms with Crippen LogP contribution in [0.4, 0.5) is 0 Å². The number of fused-ring (bicyclic) bond motifs is 1. The number of aromatic nitrogens is 4. The maximum atomic E-state index is 5.89. The fourth-order valence-electron chi connectivity index (χ4n) is 1.44. The van der Waals surface area contributed by atoms with Gasteiger partial charge in [0.2, 0.25) is 0 Å². The fraction of sp³-hybridized carbons (Fsp3) is 0.444. The van der Waals surface area contributed by atoms with Gasteiger partial charge in [-0.3, -0.25) is 0 Å². The Balaban J connectivity index is 2.25. The van der Waals surface area contributed by atoms with Crippen LogP contribution in [0.1, 0.15) is 6.42 Å². The normalized spacial score (nSPS) is 11.1. The molecule has 5 nitrogen and oxygen atoms in total. The second-order valence-electron chi connectivity index (χ2n) is 3.23. The highest BCUT2D eigenvalue weighted by Crippen LogP contribution is 2.16. The summed E-state index contributed by atoms with van der Waals surface area (Å²) in [5.41, 5.74) is 1.47. The van der Waals surface area contributed by atoms with Gasteiger partial charge in [0.15, 0.2) is 10.8 Å². The molecule has 0 atom stereocenters. The predicted octanol–water partition coefficient (Wildman–Crippen LogP) is 1.09. The van der Waals surface area contributed by atoms with Crippen molar-refractivity contribution in [2.75, 3.05) is 13.6 Å². The minimum atomic E-state index is 0.410. The summed E-state index contributed by atoms with van der Waals surface area (Å²) in [6.45, 7) is 1.85. The number of hydrogen-bond acceptors (Lipinski definition) is 4. The third-order valence-corrected chi connectivity index (χ3v) is 2.46. The van der Waals surface area contributed by atoms with Crippen LogP contribution in [0.3, 0.4) is 0 Å². The van der Waals surface area contributed by atoms with E-state index in [2.05, 4.69) is 20.3 Å².